The van der Waals surface area contributed by atoms with E-state index >= 15 is 0 Å². The van der Waals surface area contributed by atoms with Gasteiger partial charge in [-0.15, -0.1) is 0 Å². The molecule has 0 aliphatic heterocycles. The highest BCUT2D eigenvalue weighted by Gasteiger charge is 2.10. The molecule has 0 fully saturated rings. The molecule has 1 aromatic carbocycles. The number of rotatable bonds is 2. The average molecular weight is 240 g/mol. The minimum absolute atomic E-state index is 0.116. The number of aryl methyl sites for hydroxylation is 2. The number of amides is 1. The van der Waals surface area contributed by atoms with Crippen LogP contribution in [0.3, 0.4) is 0 Å². The van der Waals surface area contributed by atoms with Gasteiger partial charge in [0.25, 0.3) is 5.91 Å². The molecular weight excluding hydrogens is 224 g/mol. The predicted molar refractivity (Wildman–Crippen MR) is 72.8 cm³/mol. The van der Waals surface area contributed by atoms with Crippen molar-refractivity contribution >= 4 is 11.6 Å². The lowest BCUT2D eigenvalue weighted by atomic mass is 10.1. The van der Waals surface area contributed by atoms with Crippen LogP contribution in [0.2, 0.25) is 0 Å². The molecule has 0 spiro atoms. The van der Waals surface area contributed by atoms with Crippen LogP contribution >= 0.6 is 0 Å². The molecule has 0 radical (unpaired) electrons. The number of aromatic nitrogens is 1. The van der Waals surface area contributed by atoms with Crippen LogP contribution in [0.4, 0.5) is 5.69 Å². The van der Waals surface area contributed by atoms with Crippen LogP contribution in [0.15, 0.2) is 36.5 Å². The zero-order valence-electron chi connectivity index (χ0n) is 10.8. The van der Waals surface area contributed by atoms with Gasteiger partial charge in [0.15, 0.2) is 0 Å². The van der Waals surface area contributed by atoms with Gasteiger partial charge in [-0.1, -0.05) is 12.1 Å². The fourth-order valence-corrected chi connectivity index (χ4v) is 1.80. The first-order valence-corrected chi connectivity index (χ1v) is 5.89. The molecule has 2 aromatic rings. The van der Waals surface area contributed by atoms with Crippen LogP contribution in [-0.2, 0) is 0 Å². The molecule has 2 rings (SSSR count). The Kier molecular flexibility index (Phi) is 3.42. The maximum Gasteiger partial charge on any atom is 0.257 e. The third-order valence-electron chi connectivity index (χ3n) is 3.10. The lowest BCUT2D eigenvalue weighted by Crippen LogP contribution is -2.14. The van der Waals surface area contributed by atoms with Gasteiger partial charge in [-0.3, -0.25) is 9.78 Å². The van der Waals surface area contributed by atoms with Gasteiger partial charge in [0.05, 0.1) is 5.56 Å². The Morgan fingerprint density at radius 2 is 1.89 bits per heavy atom. The highest BCUT2D eigenvalue weighted by molar-refractivity contribution is 6.05. The number of benzene rings is 1. The topological polar surface area (TPSA) is 42.0 Å². The van der Waals surface area contributed by atoms with Gasteiger partial charge >= 0.3 is 0 Å². The van der Waals surface area contributed by atoms with Gasteiger partial charge < -0.3 is 5.32 Å². The SMILES string of the molecule is Cc1cccc(NC(=O)c2cccnc2C)c1C. The molecule has 92 valence electrons. The van der Waals surface area contributed by atoms with Gasteiger partial charge in [0.1, 0.15) is 0 Å². The van der Waals surface area contributed by atoms with Crippen LogP contribution < -0.4 is 5.32 Å². The first-order chi connectivity index (χ1) is 8.59. The molecule has 0 atom stereocenters. The third-order valence-corrected chi connectivity index (χ3v) is 3.10. The van der Waals surface area contributed by atoms with Crippen molar-refractivity contribution < 1.29 is 4.79 Å². The van der Waals surface area contributed by atoms with Crippen LogP contribution in [0, 0.1) is 20.8 Å². The van der Waals surface area contributed by atoms with E-state index in [0.29, 0.717) is 5.56 Å². The zero-order chi connectivity index (χ0) is 13.1. The Labute approximate surface area is 107 Å². The zero-order valence-corrected chi connectivity index (χ0v) is 10.8. The van der Waals surface area contributed by atoms with Crippen molar-refractivity contribution in [2.45, 2.75) is 20.8 Å². The van der Waals surface area contributed by atoms with Crippen LogP contribution in [-0.4, -0.2) is 10.9 Å². The summed E-state index contributed by atoms with van der Waals surface area (Å²) in [6.45, 7) is 5.86. The van der Waals surface area contributed by atoms with Crippen molar-refractivity contribution in [3.63, 3.8) is 0 Å². The fourth-order valence-electron chi connectivity index (χ4n) is 1.80. The number of carbonyl (C=O) groups excluding carboxylic acids is 1. The van der Waals surface area contributed by atoms with Gasteiger partial charge in [-0.2, -0.15) is 0 Å². The molecule has 0 aliphatic rings. The largest absolute Gasteiger partial charge is 0.322 e. The van der Waals surface area contributed by atoms with E-state index in [-0.39, 0.29) is 5.91 Å². The monoisotopic (exact) mass is 240 g/mol. The summed E-state index contributed by atoms with van der Waals surface area (Å²) in [7, 11) is 0. The standard InChI is InChI=1S/C15H16N2O/c1-10-6-4-8-14(11(10)2)17-15(18)13-7-5-9-16-12(13)3/h4-9H,1-3H3,(H,17,18). The molecule has 1 N–H and O–H groups in total. The van der Waals surface area contributed by atoms with E-state index in [1.807, 2.05) is 39.0 Å². The maximum atomic E-state index is 12.1. The summed E-state index contributed by atoms with van der Waals surface area (Å²) < 4.78 is 0. The molecule has 1 heterocycles. The number of hydrogen-bond acceptors (Lipinski definition) is 2. The molecule has 18 heavy (non-hydrogen) atoms. The minimum atomic E-state index is -0.116. The summed E-state index contributed by atoms with van der Waals surface area (Å²) in [5.74, 6) is -0.116. The summed E-state index contributed by atoms with van der Waals surface area (Å²) in [6, 6.07) is 9.42. The van der Waals surface area contributed by atoms with E-state index in [0.717, 1.165) is 22.5 Å². The molecule has 0 saturated carbocycles. The van der Waals surface area contributed by atoms with Crippen LogP contribution in [0.5, 0.6) is 0 Å². The Balaban J connectivity index is 2.27. The van der Waals surface area contributed by atoms with Crippen molar-refractivity contribution in [3.8, 4) is 0 Å². The molecule has 0 saturated heterocycles. The minimum Gasteiger partial charge on any atom is -0.322 e. The summed E-state index contributed by atoms with van der Waals surface area (Å²) in [5, 5.41) is 2.93. The first kappa shape index (κ1) is 12.3. The van der Waals surface area contributed by atoms with Gasteiger partial charge in [0.2, 0.25) is 0 Å². The number of nitrogens with zero attached hydrogens (tertiary/aromatic N) is 1. The Morgan fingerprint density at radius 1 is 1.11 bits per heavy atom. The molecule has 1 amide bonds. The van der Waals surface area contributed by atoms with Crippen molar-refractivity contribution in [3.05, 3.63) is 58.9 Å². The van der Waals surface area contributed by atoms with Crippen molar-refractivity contribution in [2.24, 2.45) is 0 Å². The van der Waals surface area contributed by atoms with Crippen molar-refractivity contribution in [1.29, 1.82) is 0 Å². The summed E-state index contributed by atoms with van der Waals surface area (Å²) in [4.78, 5) is 16.3. The van der Waals surface area contributed by atoms with E-state index in [2.05, 4.69) is 10.3 Å². The number of anilines is 1. The Hall–Kier alpha value is -2.16. The molecule has 1 aromatic heterocycles. The van der Waals surface area contributed by atoms with E-state index in [1.165, 1.54) is 0 Å². The molecule has 0 unspecified atom stereocenters. The molecule has 3 nitrogen and oxygen atoms in total. The summed E-state index contributed by atoms with van der Waals surface area (Å²) >= 11 is 0. The Bertz CT molecular complexity index is 591. The van der Waals surface area contributed by atoms with Crippen molar-refractivity contribution in [1.82, 2.24) is 4.98 Å². The molecule has 0 aliphatic carbocycles. The smallest absolute Gasteiger partial charge is 0.257 e. The number of carbonyl (C=O) groups is 1. The van der Waals surface area contributed by atoms with Gasteiger partial charge in [0, 0.05) is 17.6 Å². The third kappa shape index (κ3) is 2.40. The van der Waals surface area contributed by atoms with Gasteiger partial charge in [-0.05, 0) is 50.1 Å². The molecular formula is C15H16N2O. The lowest BCUT2D eigenvalue weighted by Gasteiger charge is -2.11. The number of hydrogen-bond donors (Lipinski definition) is 1. The normalized spacial score (nSPS) is 10.2. The average Bonchev–Trinajstić information content (AvgIpc) is 2.35. The maximum absolute atomic E-state index is 12.1. The highest BCUT2D eigenvalue weighted by atomic mass is 16.1. The fraction of sp³-hybridized carbons (Fsp3) is 0.200. The van der Waals surface area contributed by atoms with E-state index in [4.69, 9.17) is 0 Å². The van der Waals surface area contributed by atoms with E-state index in [9.17, 15) is 4.79 Å². The highest BCUT2D eigenvalue weighted by Crippen LogP contribution is 2.19. The number of nitrogens with one attached hydrogen (secondary N) is 1. The summed E-state index contributed by atoms with van der Waals surface area (Å²) in [6.07, 6.45) is 1.68. The first-order valence-electron chi connectivity index (χ1n) is 5.89. The van der Waals surface area contributed by atoms with E-state index < -0.39 is 0 Å². The quantitative estimate of drug-likeness (QED) is 0.875. The van der Waals surface area contributed by atoms with Gasteiger partial charge in [-0.25, -0.2) is 0 Å². The lowest BCUT2D eigenvalue weighted by molar-refractivity contribution is 0.102. The molecule has 0 bridgehead atoms. The van der Waals surface area contributed by atoms with Crippen LogP contribution in [0.25, 0.3) is 0 Å². The molecule has 3 heteroatoms. The second kappa shape index (κ2) is 5.00. The summed E-state index contributed by atoms with van der Waals surface area (Å²) in [5.41, 5.74) is 4.45. The second-order valence-corrected chi connectivity index (χ2v) is 4.34. The van der Waals surface area contributed by atoms with E-state index in [1.54, 1.807) is 18.3 Å². The predicted octanol–water partition coefficient (Wildman–Crippen LogP) is 3.26. The Morgan fingerprint density at radius 3 is 2.61 bits per heavy atom. The number of pyridine rings is 1. The van der Waals surface area contributed by atoms with Crippen molar-refractivity contribution in [2.75, 3.05) is 5.32 Å². The van der Waals surface area contributed by atoms with Crippen LogP contribution in [0.1, 0.15) is 27.2 Å². The second-order valence-electron chi connectivity index (χ2n) is 4.34.